The van der Waals surface area contributed by atoms with Crippen LogP contribution in [0.5, 0.6) is 5.75 Å². The van der Waals surface area contributed by atoms with Gasteiger partial charge in [0.05, 0.1) is 16.3 Å². The van der Waals surface area contributed by atoms with Crippen molar-refractivity contribution >= 4 is 44.0 Å². The number of hydrazone groups is 1. The minimum absolute atomic E-state index is 0.0477. The minimum Gasteiger partial charge on any atom is -0.506 e. The van der Waals surface area contributed by atoms with E-state index in [-0.39, 0.29) is 11.7 Å². The standard InChI is InChI=1S/C14H12Br2N2O3/c1-7-3-11(8(2)21-7)14(20)18-17-6-9-4-10(15)5-12(16)13(9)19/h3-6,19H,1-2H3,(H,18,20). The molecule has 110 valence electrons. The van der Waals surface area contributed by atoms with Gasteiger partial charge in [-0.15, -0.1) is 0 Å². The molecule has 1 aromatic carbocycles. The van der Waals surface area contributed by atoms with Crippen LogP contribution in [0.3, 0.4) is 0 Å². The summed E-state index contributed by atoms with van der Waals surface area (Å²) in [5.41, 5.74) is 3.30. The zero-order chi connectivity index (χ0) is 15.6. The minimum atomic E-state index is -0.367. The summed E-state index contributed by atoms with van der Waals surface area (Å²) in [6.07, 6.45) is 1.37. The Morgan fingerprint density at radius 1 is 1.33 bits per heavy atom. The molecule has 0 unspecified atom stereocenters. The maximum absolute atomic E-state index is 11.9. The Morgan fingerprint density at radius 3 is 2.67 bits per heavy atom. The van der Waals surface area contributed by atoms with Gasteiger partial charge >= 0.3 is 0 Å². The highest BCUT2D eigenvalue weighted by Gasteiger charge is 2.12. The highest BCUT2D eigenvalue weighted by molar-refractivity contribution is 9.11. The highest BCUT2D eigenvalue weighted by Crippen LogP contribution is 2.30. The van der Waals surface area contributed by atoms with E-state index in [0.29, 0.717) is 27.1 Å². The highest BCUT2D eigenvalue weighted by atomic mass is 79.9. The predicted octanol–water partition coefficient (Wildman–Crippen LogP) is 3.89. The molecule has 0 bridgehead atoms. The average molecular weight is 416 g/mol. The number of phenolic OH excluding ortho intramolecular Hbond substituents is 1. The molecular weight excluding hydrogens is 404 g/mol. The van der Waals surface area contributed by atoms with Crippen LogP contribution in [0.4, 0.5) is 0 Å². The number of rotatable bonds is 3. The second-order valence-electron chi connectivity index (χ2n) is 4.35. The lowest BCUT2D eigenvalue weighted by Crippen LogP contribution is -2.17. The number of carbonyl (C=O) groups is 1. The van der Waals surface area contributed by atoms with Gasteiger partial charge in [0.15, 0.2) is 0 Å². The average Bonchev–Trinajstić information content (AvgIpc) is 2.74. The number of nitrogens with zero attached hydrogens (tertiary/aromatic N) is 1. The van der Waals surface area contributed by atoms with Crippen LogP contribution in [-0.2, 0) is 0 Å². The maximum Gasteiger partial charge on any atom is 0.274 e. The second-order valence-corrected chi connectivity index (χ2v) is 6.12. The first-order valence-corrected chi connectivity index (χ1v) is 7.55. The van der Waals surface area contributed by atoms with E-state index in [1.54, 1.807) is 32.0 Å². The molecule has 0 spiro atoms. The van der Waals surface area contributed by atoms with E-state index in [9.17, 15) is 9.90 Å². The fourth-order valence-electron chi connectivity index (χ4n) is 1.76. The fourth-order valence-corrected chi connectivity index (χ4v) is 3.02. The summed E-state index contributed by atoms with van der Waals surface area (Å²) in [5.74, 6) is 0.879. The molecule has 2 N–H and O–H groups in total. The van der Waals surface area contributed by atoms with E-state index < -0.39 is 0 Å². The van der Waals surface area contributed by atoms with Crippen LogP contribution >= 0.6 is 31.9 Å². The molecule has 1 aromatic heterocycles. The van der Waals surface area contributed by atoms with Gasteiger partial charge in [0, 0.05) is 10.0 Å². The summed E-state index contributed by atoms with van der Waals surface area (Å²) in [6.45, 7) is 3.48. The van der Waals surface area contributed by atoms with E-state index in [1.165, 1.54) is 6.21 Å². The lowest BCUT2D eigenvalue weighted by atomic mass is 10.2. The van der Waals surface area contributed by atoms with Crippen molar-refractivity contribution in [3.8, 4) is 5.75 Å². The normalized spacial score (nSPS) is 11.0. The second kappa shape index (κ2) is 6.44. The molecule has 7 heteroatoms. The number of nitrogens with one attached hydrogen (secondary N) is 1. The van der Waals surface area contributed by atoms with Gasteiger partial charge in [0.2, 0.25) is 0 Å². The fraction of sp³-hybridized carbons (Fsp3) is 0.143. The lowest BCUT2D eigenvalue weighted by molar-refractivity contribution is 0.0953. The van der Waals surface area contributed by atoms with E-state index in [0.717, 1.165) is 4.47 Å². The molecule has 0 aliphatic carbocycles. The molecule has 1 heterocycles. The van der Waals surface area contributed by atoms with Crippen molar-refractivity contribution in [2.45, 2.75) is 13.8 Å². The zero-order valence-corrected chi connectivity index (χ0v) is 14.4. The third-order valence-corrected chi connectivity index (χ3v) is 3.78. The first-order chi connectivity index (χ1) is 9.88. The van der Waals surface area contributed by atoms with Crippen molar-refractivity contribution in [1.82, 2.24) is 5.43 Å². The first kappa shape index (κ1) is 15.8. The third kappa shape index (κ3) is 3.74. The maximum atomic E-state index is 11.9. The third-order valence-electron chi connectivity index (χ3n) is 2.71. The Bertz CT molecular complexity index is 723. The van der Waals surface area contributed by atoms with E-state index >= 15 is 0 Å². The predicted molar refractivity (Wildman–Crippen MR) is 86.7 cm³/mol. The Kier molecular flexibility index (Phi) is 4.84. The van der Waals surface area contributed by atoms with Gasteiger partial charge in [-0.05, 0) is 48.0 Å². The molecule has 0 aliphatic rings. The summed E-state index contributed by atoms with van der Waals surface area (Å²) in [7, 11) is 0. The van der Waals surface area contributed by atoms with Crippen LogP contribution < -0.4 is 5.43 Å². The van der Waals surface area contributed by atoms with Gasteiger partial charge in [-0.25, -0.2) is 5.43 Å². The number of benzene rings is 1. The molecule has 0 saturated heterocycles. The number of halogens is 2. The summed E-state index contributed by atoms with van der Waals surface area (Å²) >= 11 is 6.54. The van der Waals surface area contributed by atoms with Crippen molar-refractivity contribution in [2.75, 3.05) is 0 Å². The monoisotopic (exact) mass is 414 g/mol. The summed E-state index contributed by atoms with van der Waals surface area (Å²) < 4.78 is 6.60. The zero-order valence-electron chi connectivity index (χ0n) is 11.3. The van der Waals surface area contributed by atoms with Gasteiger partial charge in [-0.2, -0.15) is 5.10 Å². The Morgan fingerprint density at radius 2 is 2.05 bits per heavy atom. The molecule has 21 heavy (non-hydrogen) atoms. The number of aromatic hydroxyl groups is 1. The Balaban J connectivity index is 2.13. The van der Waals surface area contributed by atoms with Gasteiger partial charge in [-0.1, -0.05) is 15.9 Å². The number of phenols is 1. The van der Waals surface area contributed by atoms with Crippen LogP contribution in [0.2, 0.25) is 0 Å². The van der Waals surface area contributed by atoms with Crippen LogP contribution in [0.1, 0.15) is 27.4 Å². The van der Waals surface area contributed by atoms with Crippen molar-refractivity contribution in [3.05, 3.63) is 49.8 Å². The van der Waals surface area contributed by atoms with Crippen molar-refractivity contribution in [2.24, 2.45) is 5.10 Å². The van der Waals surface area contributed by atoms with Crippen molar-refractivity contribution in [1.29, 1.82) is 0 Å². The van der Waals surface area contributed by atoms with Gasteiger partial charge < -0.3 is 9.52 Å². The smallest absolute Gasteiger partial charge is 0.274 e. The SMILES string of the molecule is Cc1cc(C(=O)NN=Cc2cc(Br)cc(Br)c2O)c(C)o1. The van der Waals surface area contributed by atoms with Gasteiger partial charge in [-0.3, -0.25) is 4.79 Å². The van der Waals surface area contributed by atoms with Gasteiger partial charge in [0.1, 0.15) is 17.3 Å². The van der Waals surface area contributed by atoms with E-state index in [2.05, 4.69) is 42.4 Å². The van der Waals surface area contributed by atoms with Crippen molar-refractivity contribution < 1.29 is 14.3 Å². The molecule has 1 amide bonds. The lowest BCUT2D eigenvalue weighted by Gasteiger charge is -2.03. The molecule has 0 atom stereocenters. The number of amides is 1. The molecular formula is C14H12Br2N2O3. The number of hydrogen-bond acceptors (Lipinski definition) is 4. The molecule has 2 aromatic rings. The number of hydrogen-bond donors (Lipinski definition) is 2. The van der Waals surface area contributed by atoms with Crippen LogP contribution in [0.15, 0.2) is 36.7 Å². The van der Waals surface area contributed by atoms with E-state index in [1.807, 2.05) is 0 Å². The van der Waals surface area contributed by atoms with Crippen LogP contribution in [-0.4, -0.2) is 17.2 Å². The Hall–Kier alpha value is -1.60. The largest absolute Gasteiger partial charge is 0.506 e. The van der Waals surface area contributed by atoms with Gasteiger partial charge in [0.25, 0.3) is 5.91 Å². The first-order valence-electron chi connectivity index (χ1n) is 5.97. The van der Waals surface area contributed by atoms with Crippen molar-refractivity contribution in [3.63, 3.8) is 0 Å². The topological polar surface area (TPSA) is 74.8 Å². The van der Waals surface area contributed by atoms with E-state index in [4.69, 9.17) is 4.42 Å². The van der Waals surface area contributed by atoms with Crippen LogP contribution in [0, 0.1) is 13.8 Å². The quantitative estimate of drug-likeness (QED) is 0.589. The number of aryl methyl sites for hydroxylation is 2. The number of furan rings is 1. The molecule has 0 saturated carbocycles. The molecule has 0 radical (unpaired) electrons. The molecule has 5 nitrogen and oxygen atoms in total. The van der Waals surface area contributed by atoms with Crippen LogP contribution in [0.25, 0.3) is 0 Å². The Labute approximate surface area is 138 Å². The molecule has 0 fully saturated rings. The summed E-state index contributed by atoms with van der Waals surface area (Å²) in [5, 5.41) is 13.7. The summed E-state index contributed by atoms with van der Waals surface area (Å²) in [6, 6.07) is 5.04. The molecule has 2 rings (SSSR count). The number of carbonyl (C=O) groups excluding carboxylic acids is 1. The molecule has 0 aliphatic heterocycles. The summed E-state index contributed by atoms with van der Waals surface area (Å²) in [4.78, 5) is 11.9.